The predicted octanol–water partition coefficient (Wildman–Crippen LogP) is 0.422. The second-order valence-corrected chi connectivity index (χ2v) is 10.5. The molecule has 0 aromatic carbocycles. The highest BCUT2D eigenvalue weighted by molar-refractivity contribution is 8.01. The quantitative estimate of drug-likeness (QED) is 0.162. The number of thiazole rings is 1. The number of aromatic nitrogens is 4. The molecule has 3 atom stereocenters. The van der Waals surface area contributed by atoms with Crippen LogP contribution in [0, 0.1) is 6.92 Å². The van der Waals surface area contributed by atoms with Gasteiger partial charge in [-0.05, 0) is 19.4 Å². The van der Waals surface area contributed by atoms with E-state index >= 15 is 0 Å². The first-order valence-electron chi connectivity index (χ1n) is 9.81. The molecule has 2 aliphatic rings. The fourth-order valence-electron chi connectivity index (χ4n) is 3.47. The van der Waals surface area contributed by atoms with Crippen LogP contribution in [0.2, 0.25) is 0 Å². The summed E-state index contributed by atoms with van der Waals surface area (Å²) < 4.78 is 0. The number of amides is 2. The number of rotatable bonds is 8. The Balaban J connectivity index is 1.52. The monoisotopic (exact) mass is 524 g/mol. The van der Waals surface area contributed by atoms with Crippen LogP contribution in [0.25, 0.3) is 0 Å². The maximum Gasteiger partial charge on any atom is 0.352 e. The van der Waals surface area contributed by atoms with Crippen molar-refractivity contribution in [2.75, 3.05) is 18.6 Å². The Morgan fingerprint density at radius 1 is 1.47 bits per heavy atom. The lowest BCUT2D eigenvalue weighted by Gasteiger charge is -2.49. The molecule has 2 aromatic heterocycles. The van der Waals surface area contributed by atoms with Crippen molar-refractivity contribution in [1.82, 2.24) is 30.4 Å². The van der Waals surface area contributed by atoms with E-state index in [4.69, 9.17) is 10.6 Å². The Morgan fingerprint density at radius 2 is 2.24 bits per heavy atom. The van der Waals surface area contributed by atoms with Gasteiger partial charge in [0.2, 0.25) is 0 Å². The summed E-state index contributed by atoms with van der Waals surface area (Å²) in [7, 11) is 1.28. The largest absolute Gasteiger partial charge is 0.477 e. The minimum absolute atomic E-state index is 0.0754. The number of fused-ring (bicyclic) bond motifs is 1. The zero-order valence-corrected chi connectivity index (χ0v) is 20.6. The number of carboxylic acid groups (broad SMARTS) is 1. The molecule has 34 heavy (non-hydrogen) atoms. The minimum atomic E-state index is -1.21. The fraction of sp³-hybridized carbons (Fsp3) is 0.389. The average molecular weight is 525 g/mol. The molecule has 2 aliphatic heterocycles. The minimum Gasteiger partial charge on any atom is -0.477 e. The van der Waals surface area contributed by atoms with Crippen LogP contribution in [0.3, 0.4) is 0 Å². The van der Waals surface area contributed by atoms with Gasteiger partial charge < -0.3 is 21.0 Å². The maximum absolute atomic E-state index is 13.0. The van der Waals surface area contributed by atoms with Crippen molar-refractivity contribution in [2.24, 2.45) is 5.16 Å². The van der Waals surface area contributed by atoms with E-state index in [1.165, 1.54) is 35.5 Å². The summed E-state index contributed by atoms with van der Waals surface area (Å²) in [5.74, 6) is -1.47. The molecule has 5 N–H and O–H groups in total. The highest BCUT2D eigenvalue weighted by Crippen LogP contribution is 2.43. The average Bonchev–Trinajstić information content (AvgIpc) is 3.41. The summed E-state index contributed by atoms with van der Waals surface area (Å²) in [6, 6.07) is -0.925. The molecule has 0 saturated carbocycles. The van der Waals surface area contributed by atoms with E-state index in [2.05, 4.69) is 30.6 Å². The Morgan fingerprint density at radius 3 is 2.82 bits per heavy atom. The van der Waals surface area contributed by atoms with Crippen molar-refractivity contribution in [3.05, 3.63) is 28.2 Å². The molecular formula is C18H20N8O5S3. The van der Waals surface area contributed by atoms with E-state index in [9.17, 15) is 19.5 Å². The number of nitrogen functional groups attached to an aromatic ring is 1. The van der Waals surface area contributed by atoms with Crippen molar-refractivity contribution in [2.45, 2.75) is 35.7 Å². The smallest absolute Gasteiger partial charge is 0.352 e. The molecule has 0 bridgehead atoms. The Hall–Kier alpha value is -3.11. The number of H-pyrrole nitrogens is 1. The summed E-state index contributed by atoms with van der Waals surface area (Å²) in [6.07, 6.45) is 0. The van der Waals surface area contributed by atoms with Crippen molar-refractivity contribution in [3.8, 4) is 0 Å². The van der Waals surface area contributed by atoms with Gasteiger partial charge in [0.25, 0.3) is 11.8 Å². The lowest BCUT2D eigenvalue weighted by Crippen LogP contribution is -2.71. The van der Waals surface area contributed by atoms with Gasteiger partial charge in [-0.3, -0.25) is 19.6 Å². The van der Waals surface area contributed by atoms with Gasteiger partial charge in [-0.2, -0.15) is 5.10 Å². The standard InChI is InChI=1S/C18H20N8O5S3/c1-6(34-18-20-7(2)23-24-18)8-4-32-15-11(14(28)26(15)12(8)16(29)30)22-13(27)10(25-31-3)9-5-33-17(19)21-9/h5-6,11,15H,4H2,1-3H3,(H2,19,21)(H,22,27)(H,29,30)(H,20,23,24)/t6?,11?,15-/m0/s1. The summed E-state index contributed by atoms with van der Waals surface area (Å²) in [5, 5.41) is 24.5. The predicted molar refractivity (Wildman–Crippen MR) is 126 cm³/mol. The number of carbonyl (C=O) groups is 3. The van der Waals surface area contributed by atoms with E-state index in [1.54, 1.807) is 12.3 Å². The lowest BCUT2D eigenvalue weighted by molar-refractivity contribution is -0.150. The molecule has 180 valence electrons. The molecule has 0 aliphatic carbocycles. The maximum atomic E-state index is 13.0. The van der Waals surface area contributed by atoms with Crippen LogP contribution >= 0.6 is 34.9 Å². The summed E-state index contributed by atoms with van der Waals surface area (Å²) in [5.41, 5.74) is 6.23. The number of aromatic amines is 1. The number of carboxylic acids is 1. The van der Waals surface area contributed by atoms with Crippen LogP contribution in [0.5, 0.6) is 0 Å². The van der Waals surface area contributed by atoms with Gasteiger partial charge in [-0.1, -0.05) is 16.9 Å². The van der Waals surface area contributed by atoms with Gasteiger partial charge in [-0.25, -0.2) is 14.8 Å². The Kier molecular flexibility index (Phi) is 6.81. The Bertz CT molecular complexity index is 1210. The third-order valence-electron chi connectivity index (χ3n) is 5.00. The number of hydrogen-bond donors (Lipinski definition) is 4. The van der Waals surface area contributed by atoms with Crippen molar-refractivity contribution in [1.29, 1.82) is 0 Å². The van der Waals surface area contributed by atoms with Crippen LogP contribution in [0.15, 0.2) is 27.0 Å². The van der Waals surface area contributed by atoms with Crippen LogP contribution < -0.4 is 11.1 Å². The Labute approximate surface area is 205 Å². The van der Waals surface area contributed by atoms with Gasteiger partial charge in [0.05, 0.1) is 0 Å². The second-order valence-electron chi connectivity index (χ2n) is 7.18. The SMILES string of the molecule is CON=C(C(=O)NC1C(=O)N2C(C(=O)O)=C(C(C)Sc3nc(C)n[nH]3)CS[C@@H]12)c1csc(N)n1. The first-order valence-corrected chi connectivity index (χ1v) is 12.6. The molecule has 1 fully saturated rings. The normalized spacial score (nSPS) is 21.1. The summed E-state index contributed by atoms with van der Waals surface area (Å²) >= 11 is 3.82. The first kappa shape index (κ1) is 24.0. The molecule has 16 heteroatoms. The molecular weight excluding hydrogens is 504 g/mol. The third-order valence-corrected chi connectivity index (χ3v) is 8.02. The zero-order valence-electron chi connectivity index (χ0n) is 18.1. The van der Waals surface area contributed by atoms with Crippen LogP contribution in [0.1, 0.15) is 18.4 Å². The molecule has 2 unspecified atom stereocenters. The zero-order chi connectivity index (χ0) is 24.6. The van der Waals surface area contributed by atoms with E-state index in [-0.39, 0.29) is 27.5 Å². The number of aryl methyl sites for hydroxylation is 1. The van der Waals surface area contributed by atoms with Gasteiger partial charge in [0.1, 0.15) is 35.7 Å². The summed E-state index contributed by atoms with van der Waals surface area (Å²) in [6.45, 7) is 3.59. The molecule has 13 nitrogen and oxygen atoms in total. The van der Waals surface area contributed by atoms with E-state index in [0.29, 0.717) is 22.3 Å². The molecule has 1 saturated heterocycles. The fourth-order valence-corrected chi connectivity index (χ4v) is 6.55. The van der Waals surface area contributed by atoms with Crippen LogP contribution in [-0.2, 0) is 19.2 Å². The number of nitrogens with one attached hydrogen (secondary N) is 2. The van der Waals surface area contributed by atoms with Gasteiger partial charge in [0, 0.05) is 16.4 Å². The molecule has 0 spiro atoms. The number of nitrogens with zero attached hydrogens (tertiary/aromatic N) is 5. The number of aliphatic carboxylic acids is 1. The number of thioether (sulfide) groups is 2. The highest BCUT2D eigenvalue weighted by Gasteiger charge is 2.55. The molecule has 2 aromatic rings. The van der Waals surface area contributed by atoms with Gasteiger partial charge in [-0.15, -0.1) is 23.1 Å². The van der Waals surface area contributed by atoms with Crippen molar-refractivity contribution < 1.29 is 24.3 Å². The van der Waals surface area contributed by atoms with E-state index in [1.807, 2.05) is 6.92 Å². The number of anilines is 1. The van der Waals surface area contributed by atoms with Crippen LogP contribution in [-0.4, -0.2) is 83.2 Å². The lowest BCUT2D eigenvalue weighted by atomic mass is 10.0. The highest BCUT2D eigenvalue weighted by atomic mass is 32.2. The number of hydrogen-bond acceptors (Lipinski definition) is 12. The summed E-state index contributed by atoms with van der Waals surface area (Å²) in [4.78, 5) is 52.1. The molecule has 4 heterocycles. The van der Waals surface area contributed by atoms with Crippen LogP contribution in [0.4, 0.5) is 5.13 Å². The van der Waals surface area contributed by atoms with Crippen molar-refractivity contribution >= 4 is 63.5 Å². The number of carbonyl (C=O) groups excluding carboxylic acids is 2. The number of nitrogens with two attached hydrogens (primary N) is 1. The van der Waals surface area contributed by atoms with Gasteiger partial charge >= 0.3 is 5.97 Å². The van der Waals surface area contributed by atoms with E-state index in [0.717, 1.165) is 11.3 Å². The molecule has 0 radical (unpaired) electrons. The second kappa shape index (κ2) is 9.63. The van der Waals surface area contributed by atoms with Gasteiger partial charge in [0.15, 0.2) is 16.0 Å². The van der Waals surface area contributed by atoms with Crippen molar-refractivity contribution in [3.63, 3.8) is 0 Å². The first-order chi connectivity index (χ1) is 16.2. The number of β-lactam (4-membered cyclic amide) rings is 1. The topological polar surface area (TPSA) is 189 Å². The molecule has 4 rings (SSSR count). The number of oxime groups is 1. The third kappa shape index (κ3) is 4.47. The molecule has 2 amide bonds. The van der Waals surface area contributed by atoms with E-state index < -0.39 is 29.2 Å².